The number of hydrogen-bond acceptors (Lipinski definition) is 4. The van der Waals surface area contributed by atoms with E-state index in [4.69, 9.17) is 4.98 Å². The Balaban J connectivity index is 1.21. The van der Waals surface area contributed by atoms with E-state index in [0.717, 1.165) is 56.0 Å². The summed E-state index contributed by atoms with van der Waals surface area (Å²) in [5.41, 5.74) is 2.52. The molecule has 3 aromatic rings. The van der Waals surface area contributed by atoms with E-state index in [1.54, 1.807) is 22.7 Å². The van der Waals surface area contributed by atoms with Crippen LogP contribution in [0.3, 0.4) is 0 Å². The van der Waals surface area contributed by atoms with Crippen LogP contribution < -0.4 is 4.90 Å². The number of carbonyl (C=O) groups excluding carboxylic acids is 1. The fourth-order valence-electron chi connectivity index (χ4n) is 4.00. The van der Waals surface area contributed by atoms with Gasteiger partial charge in [-0.05, 0) is 43.0 Å². The quantitative estimate of drug-likeness (QED) is 0.753. The summed E-state index contributed by atoms with van der Waals surface area (Å²) >= 11 is 3.52. The maximum absolute atomic E-state index is 12.8. The van der Waals surface area contributed by atoms with Gasteiger partial charge in [0.25, 0.3) is 5.91 Å². The second kappa shape index (κ2) is 6.76. The van der Waals surface area contributed by atoms with Gasteiger partial charge in [0.05, 0.1) is 41.3 Å². The number of carbonyl (C=O) groups is 1. The van der Waals surface area contributed by atoms with Crippen LogP contribution in [0.2, 0.25) is 0 Å². The van der Waals surface area contributed by atoms with E-state index in [9.17, 15) is 4.79 Å². The minimum absolute atomic E-state index is 0.239. The summed E-state index contributed by atoms with van der Waals surface area (Å²) in [5.74, 6) is 0.239. The summed E-state index contributed by atoms with van der Waals surface area (Å²) in [6.45, 7) is 4.68. The lowest BCUT2D eigenvalue weighted by Crippen LogP contribution is -3.13. The molecule has 1 fully saturated rings. The first-order chi connectivity index (χ1) is 12.8. The van der Waals surface area contributed by atoms with Gasteiger partial charge in [-0.1, -0.05) is 12.1 Å². The maximum atomic E-state index is 12.8. The first-order valence-corrected chi connectivity index (χ1v) is 11.0. The molecule has 6 heteroatoms. The summed E-state index contributed by atoms with van der Waals surface area (Å²) in [6.07, 6.45) is 3.57. The Labute approximate surface area is 161 Å². The van der Waals surface area contributed by atoms with Crippen LogP contribution in [0.1, 0.15) is 31.5 Å². The second-order valence-corrected chi connectivity index (χ2v) is 9.46. The molecule has 3 heterocycles. The highest BCUT2D eigenvalue weighted by atomic mass is 32.1. The minimum Gasteiger partial charge on any atom is -0.327 e. The molecular weight excluding hydrogens is 362 g/mol. The van der Waals surface area contributed by atoms with Crippen molar-refractivity contribution in [1.82, 2.24) is 9.88 Å². The van der Waals surface area contributed by atoms with Crippen molar-refractivity contribution in [3.8, 4) is 0 Å². The number of rotatable bonds is 3. The van der Waals surface area contributed by atoms with Gasteiger partial charge in [-0.2, -0.15) is 0 Å². The van der Waals surface area contributed by atoms with Crippen LogP contribution in [-0.2, 0) is 19.4 Å². The summed E-state index contributed by atoms with van der Waals surface area (Å²) < 4.78 is 1.27. The van der Waals surface area contributed by atoms with Gasteiger partial charge in [0.1, 0.15) is 11.6 Å². The fourth-order valence-corrected chi connectivity index (χ4v) is 6.26. The van der Waals surface area contributed by atoms with Gasteiger partial charge >= 0.3 is 0 Å². The molecule has 1 N–H and O–H groups in total. The van der Waals surface area contributed by atoms with Crippen molar-refractivity contribution in [2.45, 2.75) is 25.8 Å². The molecule has 134 valence electrons. The maximum Gasteiger partial charge on any atom is 0.264 e. The third-order valence-corrected chi connectivity index (χ3v) is 7.72. The Morgan fingerprint density at radius 2 is 2.00 bits per heavy atom. The minimum atomic E-state index is 0.239. The zero-order valence-electron chi connectivity index (χ0n) is 14.7. The number of para-hydroxylation sites is 1. The molecule has 0 radical (unpaired) electrons. The molecular formula is C20H22N3OS2+. The molecule has 4 nitrogen and oxygen atoms in total. The Morgan fingerprint density at radius 3 is 2.81 bits per heavy atom. The van der Waals surface area contributed by atoms with E-state index in [0.29, 0.717) is 0 Å². The van der Waals surface area contributed by atoms with Gasteiger partial charge in [-0.15, -0.1) is 22.7 Å². The van der Waals surface area contributed by atoms with E-state index in [1.165, 1.54) is 31.5 Å². The third-order valence-electron chi connectivity index (χ3n) is 5.45. The Hall–Kier alpha value is -1.76. The number of fused-ring (bicyclic) bond motifs is 2. The van der Waals surface area contributed by atoms with E-state index < -0.39 is 0 Å². The van der Waals surface area contributed by atoms with Gasteiger partial charge in [0.2, 0.25) is 0 Å². The van der Waals surface area contributed by atoms with Gasteiger partial charge in [-0.25, -0.2) is 4.98 Å². The Kier molecular flexibility index (Phi) is 4.27. The predicted octanol–water partition coefficient (Wildman–Crippen LogP) is 2.39. The lowest BCUT2D eigenvalue weighted by Gasteiger charge is -2.31. The SMILES string of the molecule is O=C(c1cc2c(s1)CCC2)N1CC[NH+](Cc2nc3ccccc3s2)CC1. The molecule has 5 rings (SSSR count). The molecule has 1 aromatic carbocycles. The molecule has 0 atom stereocenters. The lowest BCUT2D eigenvalue weighted by atomic mass is 10.2. The van der Waals surface area contributed by atoms with E-state index in [1.807, 2.05) is 11.0 Å². The monoisotopic (exact) mass is 384 g/mol. The van der Waals surface area contributed by atoms with Crippen molar-refractivity contribution in [1.29, 1.82) is 0 Å². The Bertz CT molecular complexity index is 899. The number of quaternary nitrogens is 1. The van der Waals surface area contributed by atoms with Crippen molar-refractivity contribution >= 4 is 38.8 Å². The van der Waals surface area contributed by atoms with Crippen LogP contribution in [0.25, 0.3) is 10.2 Å². The number of nitrogens with one attached hydrogen (secondary N) is 1. The standard InChI is InChI=1S/C20H21N3OS2/c24-20(18-12-14-4-3-7-16(14)25-18)23-10-8-22(9-11-23)13-19-21-15-5-1-2-6-17(15)26-19/h1-2,5-6,12H,3-4,7-11,13H2/p+1. The molecule has 0 bridgehead atoms. The molecule has 1 aliphatic carbocycles. The molecule has 0 spiro atoms. The van der Waals surface area contributed by atoms with Gasteiger partial charge in [0.15, 0.2) is 0 Å². The van der Waals surface area contributed by atoms with Crippen molar-refractivity contribution in [2.24, 2.45) is 0 Å². The number of piperazine rings is 1. The summed E-state index contributed by atoms with van der Waals surface area (Å²) in [6, 6.07) is 10.5. The number of aromatic nitrogens is 1. The van der Waals surface area contributed by atoms with Crippen molar-refractivity contribution in [3.63, 3.8) is 0 Å². The van der Waals surface area contributed by atoms with Crippen LogP contribution in [0.15, 0.2) is 30.3 Å². The van der Waals surface area contributed by atoms with Crippen molar-refractivity contribution in [2.75, 3.05) is 26.2 Å². The second-order valence-electron chi connectivity index (χ2n) is 7.21. The number of thiazole rings is 1. The normalized spacial score (nSPS) is 17.8. The molecule has 1 amide bonds. The zero-order chi connectivity index (χ0) is 17.5. The highest BCUT2D eigenvalue weighted by Crippen LogP contribution is 2.31. The third kappa shape index (κ3) is 3.06. The van der Waals surface area contributed by atoms with Gasteiger partial charge < -0.3 is 9.80 Å². The smallest absolute Gasteiger partial charge is 0.264 e. The molecule has 1 saturated heterocycles. The van der Waals surface area contributed by atoms with Crippen LogP contribution in [0.4, 0.5) is 0 Å². The van der Waals surface area contributed by atoms with E-state index in [-0.39, 0.29) is 5.91 Å². The van der Waals surface area contributed by atoms with Crippen LogP contribution in [0.5, 0.6) is 0 Å². The molecule has 2 aliphatic rings. The number of nitrogens with zero attached hydrogens (tertiary/aromatic N) is 2. The lowest BCUT2D eigenvalue weighted by molar-refractivity contribution is -0.917. The average molecular weight is 385 g/mol. The molecule has 1 aliphatic heterocycles. The number of thiophene rings is 1. The predicted molar refractivity (Wildman–Crippen MR) is 106 cm³/mol. The molecule has 26 heavy (non-hydrogen) atoms. The van der Waals surface area contributed by atoms with Gasteiger partial charge in [-0.3, -0.25) is 4.79 Å². The number of amides is 1. The van der Waals surface area contributed by atoms with Gasteiger partial charge in [0, 0.05) is 4.88 Å². The molecule has 0 unspecified atom stereocenters. The fraction of sp³-hybridized carbons (Fsp3) is 0.400. The van der Waals surface area contributed by atoms with E-state index in [2.05, 4.69) is 24.3 Å². The van der Waals surface area contributed by atoms with E-state index >= 15 is 0 Å². The first kappa shape index (κ1) is 16.4. The first-order valence-electron chi connectivity index (χ1n) is 9.35. The Morgan fingerprint density at radius 1 is 1.15 bits per heavy atom. The summed E-state index contributed by atoms with van der Waals surface area (Å²) in [7, 11) is 0. The number of hydrogen-bond donors (Lipinski definition) is 1. The molecule has 2 aromatic heterocycles. The van der Waals surface area contributed by atoms with Crippen LogP contribution in [0, 0.1) is 0 Å². The highest BCUT2D eigenvalue weighted by Gasteiger charge is 2.27. The van der Waals surface area contributed by atoms with Crippen molar-refractivity contribution < 1.29 is 9.69 Å². The topological polar surface area (TPSA) is 37.6 Å². The van der Waals surface area contributed by atoms with Crippen LogP contribution >= 0.6 is 22.7 Å². The van der Waals surface area contributed by atoms with Crippen molar-refractivity contribution in [3.05, 3.63) is 50.7 Å². The zero-order valence-corrected chi connectivity index (χ0v) is 16.3. The summed E-state index contributed by atoms with van der Waals surface area (Å²) in [4.78, 5) is 23.5. The largest absolute Gasteiger partial charge is 0.327 e. The number of benzene rings is 1. The summed E-state index contributed by atoms with van der Waals surface area (Å²) in [5, 5.41) is 1.20. The highest BCUT2D eigenvalue weighted by molar-refractivity contribution is 7.18. The molecule has 0 saturated carbocycles. The number of aryl methyl sites for hydroxylation is 2. The van der Waals surface area contributed by atoms with Crippen LogP contribution in [-0.4, -0.2) is 42.0 Å². The average Bonchev–Trinajstić information content (AvgIpc) is 3.35.